The van der Waals surface area contributed by atoms with Crippen LogP contribution in [0.2, 0.25) is 0 Å². The maximum atomic E-state index is 10.6. The Labute approximate surface area is 187 Å². The molecule has 0 bridgehead atoms. The normalized spacial score (nSPS) is 11.0. The predicted octanol–water partition coefficient (Wildman–Crippen LogP) is 4.64. The third kappa shape index (κ3) is 7.54. The Balaban J connectivity index is 0.000000227. The number of benzene rings is 3. The second-order valence-electron chi connectivity index (χ2n) is 7.07. The molecule has 0 amide bonds. The van der Waals surface area contributed by atoms with Crippen LogP contribution in [0.15, 0.2) is 65.7 Å². The van der Waals surface area contributed by atoms with Crippen molar-refractivity contribution in [2.24, 2.45) is 10.7 Å². The molecule has 32 heavy (non-hydrogen) atoms. The molecule has 3 N–H and O–H groups in total. The van der Waals surface area contributed by atoms with E-state index >= 15 is 0 Å². The molecule has 0 heterocycles. The molecule has 3 aromatic carbocycles. The van der Waals surface area contributed by atoms with Gasteiger partial charge in [-0.05, 0) is 41.3 Å². The summed E-state index contributed by atoms with van der Waals surface area (Å²) in [5.41, 5.74) is 6.92. The summed E-state index contributed by atoms with van der Waals surface area (Å²) in [7, 11) is 1.58. The predicted molar refractivity (Wildman–Crippen MR) is 124 cm³/mol. The number of aliphatic imine (C=N–C) groups is 1. The van der Waals surface area contributed by atoms with Crippen LogP contribution in [0.5, 0.6) is 11.5 Å². The average Bonchev–Trinajstić information content (AvgIpc) is 2.80. The number of carbonyl (C=O) groups excluding carboxylic acids is 1. The number of nitrogens with zero attached hydrogens (tertiary/aromatic N) is 1. The van der Waals surface area contributed by atoms with Gasteiger partial charge in [-0.1, -0.05) is 55.8 Å². The molecule has 168 valence electrons. The van der Waals surface area contributed by atoms with Crippen molar-refractivity contribution in [1.82, 2.24) is 0 Å². The molecule has 0 saturated heterocycles. The van der Waals surface area contributed by atoms with Gasteiger partial charge in [0.1, 0.15) is 23.2 Å². The number of hydrogen-bond donors (Lipinski definition) is 2. The molecule has 0 aliphatic rings. The van der Waals surface area contributed by atoms with E-state index in [9.17, 15) is 9.59 Å². The SMILES string of the molecule is CCCCOc1cc(OC)ccc1N=C=O.N[C@H](Cc1ccc2ccccc2c1)C(=O)O. The van der Waals surface area contributed by atoms with Crippen molar-refractivity contribution < 1.29 is 24.2 Å². The van der Waals surface area contributed by atoms with Gasteiger partial charge in [-0.2, -0.15) is 4.99 Å². The average molecular weight is 437 g/mol. The summed E-state index contributed by atoms with van der Waals surface area (Å²) in [5, 5.41) is 11.0. The molecule has 0 radical (unpaired) electrons. The minimum Gasteiger partial charge on any atom is -0.497 e. The zero-order valence-corrected chi connectivity index (χ0v) is 18.3. The minimum atomic E-state index is -0.965. The summed E-state index contributed by atoms with van der Waals surface area (Å²) in [6.07, 6.45) is 3.88. The van der Waals surface area contributed by atoms with Crippen molar-refractivity contribution in [3.05, 3.63) is 66.2 Å². The summed E-state index contributed by atoms with van der Waals surface area (Å²) < 4.78 is 10.6. The molecule has 1 atom stereocenters. The largest absolute Gasteiger partial charge is 0.497 e. The fourth-order valence-electron chi connectivity index (χ4n) is 2.91. The van der Waals surface area contributed by atoms with Crippen LogP contribution in [0.1, 0.15) is 25.3 Å². The number of nitrogens with two attached hydrogens (primary N) is 1. The number of carboxylic acid groups (broad SMARTS) is 1. The summed E-state index contributed by atoms with van der Waals surface area (Å²) in [6.45, 7) is 2.68. The van der Waals surface area contributed by atoms with Crippen LogP contribution in [0, 0.1) is 0 Å². The molecule has 0 saturated carbocycles. The first-order valence-electron chi connectivity index (χ1n) is 10.3. The van der Waals surface area contributed by atoms with Gasteiger partial charge in [-0.15, -0.1) is 0 Å². The smallest absolute Gasteiger partial charge is 0.320 e. The van der Waals surface area contributed by atoms with Gasteiger partial charge in [-0.25, -0.2) is 4.79 Å². The number of fused-ring (bicyclic) bond motifs is 1. The van der Waals surface area contributed by atoms with Crippen molar-refractivity contribution in [1.29, 1.82) is 0 Å². The fourth-order valence-corrected chi connectivity index (χ4v) is 2.91. The number of methoxy groups -OCH3 is 1. The van der Waals surface area contributed by atoms with E-state index in [0.717, 1.165) is 29.2 Å². The molecule has 3 rings (SSSR count). The highest BCUT2D eigenvalue weighted by Crippen LogP contribution is 2.31. The Kier molecular flexibility index (Phi) is 9.91. The van der Waals surface area contributed by atoms with Crippen LogP contribution in [-0.4, -0.2) is 36.9 Å². The molecular weight excluding hydrogens is 408 g/mol. The maximum Gasteiger partial charge on any atom is 0.320 e. The van der Waals surface area contributed by atoms with Crippen LogP contribution in [-0.2, 0) is 16.0 Å². The minimum absolute atomic E-state index is 0.361. The van der Waals surface area contributed by atoms with E-state index in [1.807, 2.05) is 42.5 Å². The van der Waals surface area contributed by atoms with Gasteiger partial charge in [-0.3, -0.25) is 4.79 Å². The lowest BCUT2D eigenvalue weighted by molar-refractivity contribution is -0.138. The Morgan fingerprint density at radius 1 is 1.12 bits per heavy atom. The molecule has 0 unspecified atom stereocenters. The lowest BCUT2D eigenvalue weighted by atomic mass is 10.0. The number of rotatable bonds is 9. The first-order chi connectivity index (χ1) is 15.5. The Bertz CT molecular complexity index is 1080. The quantitative estimate of drug-likeness (QED) is 0.287. The Hall–Kier alpha value is -3.67. The van der Waals surface area contributed by atoms with Crippen LogP contribution < -0.4 is 15.2 Å². The van der Waals surface area contributed by atoms with Gasteiger partial charge < -0.3 is 20.3 Å². The van der Waals surface area contributed by atoms with Gasteiger partial charge in [0.25, 0.3) is 0 Å². The first kappa shape index (κ1) is 24.6. The zero-order valence-electron chi connectivity index (χ0n) is 18.3. The van der Waals surface area contributed by atoms with E-state index in [4.69, 9.17) is 20.3 Å². The van der Waals surface area contributed by atoms with Crippen molar-refractivity contribution in [3.63, 3.8) is 0 Å². The second-order valence-corrected chi connectivity index (χ2v) is 7.07. The highest BCUT2D eigenvalue weighted by molar-refractivity contribution is 5.83. The van der Waals surface area contributed by atoms with E-state index in [1.165, 1.54) is 6.08 Å². The number of carboxylic acids is 1. The number of carbonyl (C=O) groups is 1. The Morgan fingerprint density at radius 3 is 2.53 bits per heavy atom. The highest BCUT2D eigenvalue weighted by atomic mass is 16.5. The number of aliphatic carboxylic acids is 1. The fraction of sp³-hybridized carbons (Fsp3) is 0.280. The van der Waals surface area contributed by atoms with Crippen LogP contribution in [0.4, 0.5) is 5.69 Å². The van der Waals surface area contributed by atoms with Gasteiger partial charge in [0.15, 0.2) is 0 Å². The van der Waals surface area contributed by atoms with E-state index < -0.39 is 12.0 Å². The molecule has 7 nitrogen and oxygen atoms in total. The molecule has 0 aliphatic carbocycles. The first-order valence-corrected chi connectivity index (χ1v) is 10.3. The number of unbranched alkanes of at least 4 members (excludes halogenated alkanes) is 1. The van der Waals surface area contributed by atoms with Crippen molar-refractivity contribution in [3.8, 4) is 11.5 Å². The zero-order chi connectivity index (χ0) is 23.3. The van der Waals surface area contributed by atoms with Crippen molar-refractivity contribution in [2.75, 3.05) is 13.7 Å². The van der Waals surface area contributed by atoms with Crippen LogP contribution in [0.3, 0.4) is 0 Å². The molecule has 0 aromatic heterocycles. The van der Waals surface area contributed by atoms with Crippen molar-refractivity contribution >= 4 is 28.5 Å². The van der Waals surface area contributed by atoms with Crippen LogP contribution in [0.25, 0.3) is 10.8 Å². The molecule has 0 fully saturated rings. The van der Waals surface area contributed by atoms with E-state index in [-0.39, 0.29) is 0 Å². The maximum absolute atomic E-state index is 10.6. The number of ether oxygens (including phenoxy) is 2. The van der Waals surface area contributed by atoms with E-state index in [1.54, 1.807) is 25.3 Å². The summed E-state index contributed by atoms with van der Waals surface area (Å²) >= 11 is 0. The lowest BCUT2D eigenvalue weighted by Gasteiger charge is -2.09. The van der Waals surface area contributed by atoms with Crippen molar-refractivity contribution in [2.45, 2.75) is 32.2 Å². The van der Waals surface area contributed by atoms with Gasteiger partial charge in [0.05, 0.1) is 13.7 Å². The Morgan fingerprint density at radius 2 is 1.88 bits per heavy atom. The molecular formula is C25H28N2O5. The highest BCUT2D eigenvalue weighted by Gasteiger charge is 2.12. The molecule has 7 heteroatoms. The topological polar surface area (TPSA) is 111 Å². The summed E-state index contributed by atoms with van der Waals surface area (Å²) in [4.78, 5) is 24.4. The molecule has 3 aromatic rings. The summed E-state index contributed by atoms with van der Waals surface area (Å²) in [6, 6.07) is 18.1. The van der Waals surface area contributed by atoms with Gasteiger partial charge in [0.2, 0.25) is 6.08 Å². The number of isocyanates is 1. The van der Waals surface area contributed by atoms with Crippen LogP contribution >= 0.6 is 0 Å². The van der Waals surface area contributed by atoms with E-state index in [0.29, 0.717) is 30.2 Å². The van der Waals surface area contributed by atoms with Gasteiger partial charge >= 0.3 is 5.97 Å². The lowest BCUT2D eigenvalue weighted by Crippen LogP contribution is -2.32. The summed E-state index contributed by atoms with van der Waals surface area (Å²) in [5.74, 6) is 0.264. The third-order valence-electron chi connectivity index (χ3n) is 4.68. The monoisotopic (exact) mass is 436 g/mol. The van der Waals surface area contributed by atoms with Gasteiger partial charge in [0, 0.05) is 6.07 Å². The number of hydrogen-bond acceptors (Lipinski definition) is 6. The standard InChI is InChI=1S/C13H13NO2.C12H15NO3/c14-12(13(15)16)8-9-5-6-10-3-1-2-4-11(10)7-9;1-3-4-7-16-12-8-10(15-2)5-6-11(12)13-9-14/h1-7,12H,8,14H2,(H,15,16);5-6,8H,3-4,7H2,1-2H3/t12-;/m1./s1. The molecule has 0 spiro atoms. The van der Waals surface area contributed by atoms with E-state index in [2.05, 4.69) is 11.9 Å². The second kappa shape index (κ2) is 12.9. The third-order valence-corrected chi connectivity index (χ3v) is 4.68. The molecule has 0 aliphatic heterocycles.